The number of aliphatic hydroxyl groups excluding tert-OH is 1. The number of hydrogen-bond acceptors (Lipinski definition) is 5. The molecule has 3 aromatic rings. The fourth-order valence-corrected chi connectivity index (χ4v) is 5.14. The summed E-state index contributed by atoms with van der Waals surface area (Å²) in [6.45, 7) is 9.60. The molecular weight excluding hydrogens is 550 g/mol. The van der Waals surface area contributed by atoms with E-state index in [0.29, 0.717) is 30.1 Å². The van der Waals surface area contributed by atoms with Crippen LogP contribution in [0.3, 0.4) is 0 Å². The minimum absolute atomic E-state index is 0.153. The standard InChI is InChI=1S/C34H44ClN3O4/c1-6-16-38(17-7-2)33(41)26-19-25(20-28(35)21-26)32(40)37-30(18-24-12-9-8-10-13-24)31(39)23-36-34(3,4)27-14-11-15-29(22-27)42-5/h8-15,19-22,30-31,36,39H,6-7,16-18,23H2,1-5H3,(H,37,40)/t30-,31+/m0/s1. The molecule has 3 rings (SSSR count). The van der Waals surface area contributed by atoms with Gasteiger partial charge in [-0.05, 0) is 74.6 Å². The lowest BCUT2D eigenvalue weighted by Gasteiger charge is -2.31. The number of ether oxygens (including phenoxy) is 1. The van der Waals surface area contributed by atoms with Crippen molar-refractivity contribution in [3.05, 3.63) is 100 Å². The second-order valence-electron chi connectivity index (χ2n) is 11.1. The highest BCUT2D eigenvalue weighted by Gasteiger charge is 2.27. The second-order valence-corrected chi connectivity index (χ2v) is 11.5. The Hall–Kier alpha value is -3.39. The van der Waals surface area contributed by atoms with E-state index in [2.05, 4.69) is 10.6 Å². The van der Waals surface area contributed by atoms with Crippen LogP contribution in [-0.4, -0.2) is 60.7 Å². The number of amides is 2. The van der Waals surface area contributed by atoms with E-state index >= 15 is 0 Å². The van der Waals surface area contributed by atoms with Crippen molar-refractivity contribution in [2.24, 2.45) is 0 Å². The molecule has 2 amide bonds. The summed E-state index contributed by atoms with van der Waals surface area (Å²) in [7, 11) is 1.63. The number of benzene rings is 3. The van der Waals surface area contributed by atoms with E-state index in [1.807, 2.05) is 82.3 Å². The SMILES string of the molecule is CCCN(CCC)C(=O)c1cc(Cl)cc(C(=O)N[C@@H](Cc2ccccc2)[C@H](O)CNC(C)(C)c2cccc(OC)c2)c1. The van der Waals surface area contributed by atoms with E-state index in [1.165, 1.54) is 0 Å². The largest absolute Gasteiger partial charge is 0.497 e. The van der Waals surface area contributed by atoms with Gasteiger partial charge < -0.3 is 25.4 Å². The zero-order chi connectivity index (χ0) is 30.7. The van der Waals surface area contributed by atoms with Gasteiger partial charge in [0.1, 0.15) is 5.75 Å². The first-order valence-corrected chi connectivity index (χ1v) is 15.0. The Morgan fingerprint density at radius 1 is 0.952 bits per heavy atom. The highest BCUT2D eigenvalue weighted by atomic mass is 35.5. The molecule has 0 aliphatic carbocycles. The van der Waals surface area contributed by atoms with E-state index in [1.54, 1.807) is 30.2 Å². The fourth-order valence-electron chi connectivity index (χ4n) is 4.90. The average molecular weight is 594 g/mol. The van der Waals surface area contributed by atoms with Crippen LogP contribution < -0.4 is 15.4 Å². The lowest BCUT2D eigenvalue weighted by Crippen LogP contribution is -2.51. The molecule has 0 saturated heterocycles. The first kappa shape index (κ1) is 33.1. The zero-order valence-corrected chi connectivity index (χ0v) is 26.1. The maximum absolute atomic E-state index is 13.6. The molecule has 0 aliphatic rings. The second kappa shape index (κ2) is 15.7. The van der Waals surface area contributed by atoms with Gasteiger partial charge in [-0.3, -0.25) is 9.59 Å². The average Bonchev–Trinajstić information content (AvgIpc) is 2.99. The number of carbonyl (C=O) groups excluding carboxylic acids is 2. The molecule has 42 heavy (non-hydrogen) atoms. The Kier molecular flexibility index (Phi) is 12.4. The topological polar surface area (TPSA) is 90.9 Å². The summed E-state index contributed by atoms with van der Waals surface area (Å²) in [6, 6.07) is 21.6. The van der Waals surface area contributed by atoms with E-state index in [9.17, 15) is 14.7 Å². The molecule has 226 valence electrons. The van der Waals surface area contributed by atoms with Crippen LogP contribution in [0.15, 0.2) is 72.8 Å². The van der Waals surface area contributed by atoms with Crippen molar-refractivity contribution in [3.63, 3.8) is 0 Å². The van der Waals surface area contributed by atoms with Crippen LogP contribution in [0, 0.1) is 0 Å². The van der Waals surface area contributed by atoms with Gasteiger partial charge in [0.15, 0.2) is 0 Å². The Balaban J connectivity index is 1.81. The molecule has 0 bridgehead atoms. The highest BCUT2D eigenvalue weighted by molar-refractivity contribution is 6.31. The van der Waals surface area contributed by atoms with Crippen molar-refractivity contribution < 1.29 is 19.4 Å². The minimum atomic E-state index is -0.913. The summed E-state index contributed by atoms with van der Waals surface area (Å²) in [5, 5.41) is 18.1. The van der Waals surface area contributed by atoms with Gasteiger partial charge >= 0.3 is 0 Å². The van der Waals surface area contributed by atoms with E-state index < -0.39 is 23.6 Å². The molecule has 0 fully saturated rings. The number of nitrogens with one attached hydrogen (secondary N) is 2. The van der Waals surface area contributed by atoms with Gasteiger partial charge in [0.2, 0.25) is 0 Å². The molecule has 3 aromatic carbocycles. The van der Waals surface area contributed by atoms with Gasteiger partial charge in [0.05, 0.1) is 19.3 Å². The van der Waals surface area contributed by atoms with Gasteiger partial charge in [-0.15, -0.1) is 0 Å². The van der Waals surface area contributed by atoms with Crippen LogP contribution in [-0.2, 0) is 12.0 Å². The van der Waals surface area contributed by atoms with E-state index in [4.69, 9.17) is 16.3 Å². The Bertz CT molecular complexity index is 1310. The molecule has 7 nitrogen and oxygen atoms in total. The summed E-state index contributed by atoms with van der Waals surface area (Å²) < 4.78 is 5.38. The minimum Gasteiger partial charge on any atom is -0.497 e. The molecule has 0 spiro atoms. The van der Waals surface area contributed by atoms with Gasteiger partial charge in [0.25, 0.3) is 11.8 Å². The molecule has 8 heteroatoms. The van der Waals surface area contributed by atoms with Gasteiger partial charge in [-0.1, -0.05) is 67.9 Å². The summed E-state index contributed by atoms with van der Waals surface area (Å²) >= 11 is 6.39. The molecule has 0 aliphatic heterocycles. The van der Waals surface area contributed by atoms with Crippen molar-refractivity contribution in [2.75, 3.05) is 26.7 Å². The van der Waals surface area contributed by atoms with Crippen molar-refractivity contribution in [3.8, 4) is 5.75 Å². The smallest absolute Gasteiger partial charge is 0.253 e. The number of methoxy groups -OCH3 is 1. The number of halogens is 1. The van der Waals surface area contributed by atoms with Crippen molar-refractivity contribution in [1.29, 1.82) is 0 Å². The molecule has 2 atom stereocenters. The first-order chi connectivity index (χ1) is 20.1. The van der Waals surface area contributed by atoms with E-state index in [0.717, 1.165) is 29.7 Å². The Morgan fingerprint density at radius 3 is 2.26 bits per heavy atom. The predicted molar refractivity (Wildman–Crippen MR) is 169 cm³/mol. The third kappa shape index (κ3) is 9.31. The highest BCUT2D eigenvalue weighted by Crippen LogP contribution is 2.24. The molecular formula is C34H44ClN3O4. The van der Waals surface area contributed by atoms with Crippen LogP contribution >= 0.6 is 11.6 Å². The zero-order valence-electron chi connectivity index (χ0n) is 25.3. The van der Waals surface area contributed by atoms with E-state index in [-0.39, 0.29) is 18.0 Å². The summed E-state index contributed by atoms with van der Waals surface area (Å²) in [4.78, 5) is 28.6. The maximum atomic E-state index is 13.6. The summed E-state index contributed by atoms with van der Waals surface area (Å²) in [5.74, 6) is 0.195. The first-order valence-electron chi connectivity index (χ1n) is 14.6. The lowest BCUT2D eigenvalue weighted by atomic mass is 9.93. The van der Waals surface area contributed by atoms with Crippen LogP contribution in [0.2, 0.25) is 5.02 Å². The third-order valence-corrected chi connectivity index (χ3v) is 7.52. The van der Waals surface area contributed by atoms with Crippen LogP contribution in [0.4, 0.5) is 0 Å². The number of nitrogens with zero attached hydrogens (tertiary/aromatic N) is 1. The van der Waals surface area contributed by atoms with Crippen LogP contribution in [0.1, 0.15) is 72.4 Å². The molecule has 0 heterocycles. The van der Waals surface area contributed by atoms with Crippen LogP contribution in [0.5, 0.6) is 5.75 Å². The molecule has 0 radical (unpaired) electrons. The molecule has 3 N–H and O–H groups in total. The number of rotatable bonds is 15. The third-order valence-electron chi connectivity index (χ3n) is 7.31. The fraction of sp³-hybridized carbons (Fsp3) is 0.412. The maximum Gasteiger partial charge on any atom is 0.253 e. The number of aliphatic hydroxyl groups is 1. The summed E-state index contributed by atoms with van der Waals surface area (Å²) in [5.41, 5.74) is 2.16. The van der Waals surface area contributed by atoms with Gasteiger partial charge in [-0.2, -0.15) is 0 Å². The van der Waals surface area contributed by atoms with Crippen molar-refractivity contribution in [2.45, 2.75) is 64.6 Å². The van der Waals surface area contributed by atoms with Crippen molar-refractivity contribution >= 4 is 23.4 Å². The number of carbonyl (C=O) groups is 2. The molecule has 0 saturated carbocycles. The normalized spacial score (nSPS) is 12.8. The molecule has 0 unspecified atom stereocenters. The van der Waals surface area contributed by atoms with Gasteiger partial charge in [-0.25, -0.2) is 0 Å². The van der Waals surface area contributed by atoms with Gasteiger partial charge in [0, 0.05) is 41.3 Å². The monoisotopic (exact) mass is 593 g/mol. The lowest BCUT2D eigenvalue weighted by molar-refractivity contribution is 0.0755. The summed E-state index contributed by atoms with van der Waals surface area (Å²) in [6.07, 6.45) is 1.18. The molecule has 0 aromatic heterocycles. The van der Waals surface area contributed by atoms with Crippen LogP contribution in [0.25, 0.3) is 0 Å². The predicted octanol–water partition coefficient (Wildman–Crippen LogP) is 5.84. The Labute approximate surface area is 255 Å². The number of hydrogen-bond donors (Lipinski definition) is 3. The Morgan fingerprint density at radius 2 is 1.62 bits per heavy atom. The quantitative estimate of drug-likeness (QED) is 0.206. The van der Waals surface area contributed by atoms with Crippen molar-refractivity contribution in [1.82, 2.24) is 15.5 Å².